The van der Waals surface area contributed by atoms with E-state index in [1.165, 1.54) is 0 Å². The average Bonchev–Trinajstić information content (AvgIpc) is 2.88. The number of methoxy groups -OCH3 is 1. The highest BCUT2D eigenvalue weighted by Crippen LogP contribution is 2.23. The minimum Gasteiger partial charge on any atom is -0.386 e. The number of rotatable bonds is 11. The van der Waals surface area contributed by atoms with Crippen molar-refractivity contribution in [2.75, 3.05) is 20.3 Å². The fourth-order valence-corrected chi connectivity index (χ4v) is 3.75. The van der Waals surface area contributed by atoms with Crippen molar-refractivity contribution in [2.24, 2.45) is 0 Å². The third kappa shape index (κ3) is 7.32. The van der Waals surface area contributed by atoms with Crippen molar-refractivity contribution in [3.63, 3.8) is 0 Å². The van der Waals surface area contributed by atoms with Crippen LogP contribution in [-0.4, -0.2) is 62.4 Å². The second-order valence-corrected chi connectivity index (χ2v) is 8.18. The molecular weight excluding hydrogens is 436 g/mol. The molecule has 0 amide bonds. The fourth-order valence-electron chi connectivity index (χ4n) is 3.75. The van der Waals surface area contributed by atoms with Crippen LogP contribution in [-0.2, 0) is 41.6 Å². The summed E-state index contributed by atoms with van der Waals surface area (Å²) in [6, 6.07) is 19.8. The van der Waals surface area contributed by atoms with E-state index in [1.807, 2.05) is 66.7 Å². The predicted octanol–water partition coefficient (Wildman–Crippen LogP) is 3.37. The first-order valence-electron chi connectivity index (χ1n) is 11.5. The maximum Gasteiger partial charge on any atom is 0.178 e. The Bertz CT molecular complexity index is 902. The van der Waals surface area contributed by atoms with Gasteiger partial charge in [0.05, 0.1) is 26.4 Å². The third-order valence-corrected chi connectivity index (χ3v) is 5.60. The van der Waals surface area contributed by atoms with Gasteiger partial charge in [-0.05, 0) is 23.3 Å². The van der Waals surface area contributed by atoms with Crippen LogP contribution in [0.15, 0.2) is 85.0 Å². The maximum atomic E-state index is 10.3. The lowest BCUT2D eigenvalue weighted by Gasteiger charge is -2.35. The Morgan fingerprint density at radius 2 is 1.26 bits per heavy atom. The molecule has 0 aliphatic carbocycles. The molecule has 6 atom stereocenters. The molecule has 0 fully saturated rings. The van der Waals surface area contributed by atoms with E-state index in [2.05, 4.69) is 0 Å². The molecule has 0 saturated carbocycles. The Morgan fingerprint density at radius 1 is 0.706 bits per heavy atom. The maximum absolute atomic E-state index is 10.3. The molecule has 2 aliphatic heterocycles. The molecule has 0 spiro atoms. The second-order valence-electron chi connectivity index (χ2n) is 8.18. The number of aliphatic hydroxyl groups is 1. The van der Waals surface area contributed by atoms with Gasteiger partial charge in [0.2, 0.25) is 0 Å². The molecule has 7 nitrogen and oxygen atoms in total. The van der Waals surface area contributed by atoms with Crippen molar-refractivity contribution in [2.45, 2.75) is 50.2 Å². The largest absolute Gasteiger partial charge is 0.386 e. The molecule has 7 heteroatoms. The van der Waals surface area contributed by atoms with Gasteiger partial charge in [-0.25, -0.2) is 0 Å². The minimum atomic E-state index is -0.767. The van der Waals surface area contributed by atoms with Gasteiger partial charge in [0.1, 0.15) is 24.4 Å². The van der Waals surface area contributed by atoms with Gasteiger partial charge in [-0.2, -0.15) is 0 Å². The van der Waals surface area contributed by atoms with Crippen molar-refractivity contribution < 1.29 is 33.5 Å². The molecule has 0 bridgehead atoms. The van der Waals surface area contributed by atoms with Crippen LogP contribution < -0.4 is 0 Å². The fraction of sp³-hybridized carbons (Fsp3) is 0.407. The van der Waals surface area contributed by atoms with E-state index in [-0.39, 0.29) is 12.7 Å². The summed E-state index contributed by atoms with van der Waals surface area (Å²) in [5, 5.41) is 10.3. The summed E-state index contributed by atoms with van der Waals surface area (Å²) in [5.41, 5.74) is 2.15. The zero-order chi connectivity index (χ0) is 23.6. The summed E-state index contributed by atoms with van der Waals surface area (Å²) in [7, 11) is 1.59. The quantitative estimate of drug-likeness (QED) is 0.507. The molecular formula is C27H32O7. The van der Waals surface area contributed by atoms with E-state index in [4.69, 9.17) is 28.4 Å². The Hall–Kier alpha value is -2.36. The summed E-state index contributed by atoms with van der Waals surface area (Å²) >= 11 is 0. The Balaban J connectivity index is 1.29. The van der Waals surface area contributed by atoms with Gasteiger partial charge in [0, 0.05) is 7.11 Å². The molecule has 0 aromatic heterocycles. The Kier molecular flexibility index (Phi) is 9.41. The number of hydrogen-bond acceptors (Lipinski definition) is 7. The van der Waals surface area contributed by atoms with Crippen LogP contribution in [0.2, 0.25) is 0 Å². The highest BCUT2D eigenvalue weighted by Gasteiger charge is 2.33. The van der Waals surface area contributed by atoms with Crippen LogP contribution in [0.3, 0.4) is 0 Å². The van der Waals surface area contributed by atoms with Crippen LogP contribution >= 0.6 is 0 Å². The van der Waals surface area contributed by atoms with E-state index in [0.717, 1.165) is 11.1 Å². The lowest BCUT2D eigenvalue weighted by molar-refractivity contribution is -0.237. The molecule has 34 heavy (non-hydrogen) atoms. The molecule has 0 unspecified atom stereocenters. The summed E-state index contributed by atoms with van der Waals surface area (Å²) in [6.45, 7) is 1.49. The van der Waals surface area contributed by atoms with E-state index >= 15 is 0 Å². The van der Waals surface area contributed by atoms with Crippen LogP contribution in [0.25, 0.3) is 0 Å². The smallest absolute Gasteiger partial charge is 0.178 e. The van der Waals surface area contributed by atoms with Crippen molar-refractivity contribution in [1.29, 1.82) is 0 Å². The zero-order valence-electron chi connectivity index (χ0n) is 19.3. The number of ether oxygens (including phenoxy) is 6. The highest BCUT2D eigenvalue weighted by atomic mass is 16.7. The topological polar surface area (TPSA) is 75.6 Å². The first-order chi connectivity index (χ1) is 16.7. The van der Waals surface area contributed by atoms with Gasteiger partial charge >= 0.3 is 0 Å². The Labute approximate surface area is 200 Å². The molecule has 2 aromatic rings. The predicted molar refractivity (Wildman–Crippen MR) is 126 cm³/mol. The van der Waals surface area contributed by atoms with Gasteiger partial charge in [0.25, 0.3) is 0 Å². The average molecular weight is 469 g/mol. The molecule has 2 heterocycles. The van der Waals surface area contributed by atoms with Crippen molar-refractivity contribution in [3.8, 4) is 0 Å². The number of benzene rings is 2. The zero-order valence-corrected chi connectivity index (χ0v) is 19.3. The molecule has 4 rings (SSSR count). The van der Waals surface area contributed by atoms with E-state index in [0.29, 0.717) is 19.8 Å². The van der Waals surface area contributed by atoms with Crippen LogP contribution in [0.1, 0.15) is 11.1 Å². The minimum absolute atomic E-state index is 0.243. The summed E-state index contributed by atoms with van der Waals surface area (Å²) in [6.07, 6.45) is 3.89. The third-order valence-electron chi connectivity index (χ3n) is 5.60. The van der Waals surface area contributed by atoms with Gasteiger partial charge in [-0.1, -0.05) is 72.8 Å². The normalized spacial score (nSPS) is 28.8. The highest BCUT2D eigenvalue weighted by molar-refractivity contribution is 5.14. The summed E-state index contributed by atoms with van der Waals surface area (Å²) < 4.78 is 35.1. The van der Waals surface area contributed by atoms with Crippen LogP contribution in [0, 0.1) is 0 Å². The van der Waals surface area contributed by atoms with Crippen LogP contribution in [0.4, 0.5) is 0 Å². The number of aliphatic hydroxyl groups excluding tert-OH is 1. The molecule has 2 aromatic carbocycles. The lowest BCUT2D eigenvalue weighted by Crippen LogP contribution is -2.45. The van der Waals surface area contributed by atoms with E-state index in [1.54, 1.807) is 25.3 Å². The van der Waals surface area contributed by atoms with Crippen molar-refractivity contribution >= 4 is 0 Å². The molecule has 0 radical (unpaired) electrons. The van der Waals surface area contributed by atoms with E-state index < -0.39 is 30.9 Å². The molecule has 2 aliphatic rings. The van der Waals surface area contributed by atoms with Crippen molar-refractivity contribution in [1.82, 2.24) is 0 Å². The lowest BCUT2D eigenvalue weighted by atomic mass is 10.1. The molecule has 0 saturated heterocycles. The first kappa shape index (κ1) is 24.8. The Morgan fingerprint density at radius 3 is 1.88 bits per heavy atom. The SMILES string of the molecule is CO[C@H]1C=C[C@@H](O[C@H]2C=C[C@@H](O)[C@@H](COCc3ccccc3)O2)[C@@H](COCc2ccccc2)O1. The molecule has 1 N–H and O–H groups in total. The summed E-state index contributed by atoms with van der Waals surface area (Å²) in [4.78, 5) is 0. The monoisotopic (exact) mass is 468 g/mol. The van der Waals surface area contributed by atoms with Gasteiger partial charge < -0.3 is 33.5 Å². The van der Waals surface area contributed by atoms with Gasteiger partial charge in [-0.3, -0.25) is 0 Å². The first-order valence-corrected chi connectivity index (χ1v) is 11.5. The summed E-state index contributed by atoms with van der Waals surface area (Å²) in [5.74, 6) is 0. The molecule has 182 valence electrons. The number of hydrogen-bond donors (Lipinski definition) is 1. The van der Waals surface area contributed by atoms with Crippen molar-refractivity contribution in [3.05, 3.63) is 96.1 Å². The van der Waals surface area contributed by atoms with Gasteiger partial charge in [-0.15, -0.1) is 0 Å². The van der Waals surface area contributed by atoms with Crippen LogP contribution in [0.5, 0.6) is 0 Å². The van der Waals surface area contributed by atoms with Gasteiger partial charge in [0.15, 0.2) is 12.6 Å². The van der Waals surface area contributed by atoms with E-state index in [9.17, 15) is 5.11 Å². The standard InChI is InChI=1S/C27H32O7/c1-29-26-15-13-23(25(34-26)19-31-17-21-10-6-3-7-11-21)32-27-14-12-22(28)24(33-27)18-30-16-20-8-4-2-5-9-20/h2-15,22-28H,16-19H2,1H3/t22-,23-,24-,25-,26-,27-/m1/s1. The second kappa shape index (κ2) is 12.9.